The van der Waals surface area contributed by atoms with Crippen LogP contribution in [0.5, 0.6) is 0 Å². The van der Waals surface area contributed by atoms with Gasteiger partial charge in [0.15, 0.2) is 0 Å². The first kappa shape index (κ1) is 11.5. The molecule has 15 heavy (non-hydrogen) atoms. The molecule has 0 saturated carbocycles. The Hall–Kier alpha value is -1.53. The summed E-state index contributed by atoms with van der Waals surface area (Å²) in [5, 5.41) is 18.0. The summed E-state index contributed by atoms with van der Waals surface area (Å²) in [6.45, 7) is 5.86. The van der Waals surface area contributed by atoms with Gasteiger partial charge in [-0.05, 0) is 31.5 Å². The van der Waals surface area contributed by atoms with E-state index in [9.17, 15) is 0 Å². The van der Waals surface area contributed by atoms with Gasteiger partial charge in [-0.1, -0.05) is 6.07 Å². The Labute approximate surface area is 90.6 Å². The fourth-order valence-electron chi connectivity index (χ4n) is 1.61. The molecule has 1 aromatic rings. The van der Waals surface area contributed by atoms with Gasteiger partial charge in [-0.25, -0.2) is 0 Å². The highest BCUT2D eigenvalue weighted by molar-refractivity contribution is 5.60. The Balaban J connectivity index is 3.13. The molecule has 0 unspecified atom stereocenters. The predicted octanol–water partition coefficient (Wildman–Crippen LogP) is 1.90. The third kappa shape index (κ3) is 2.48. The van der Waals surface area contributed by atoms with Crippen LogP contribution in [0.4, 0.5) is 5.69 Å². The minimum absolute atomic E-state index is 0.0206. The Morgan fingerprint density at radius 3 is 2.47 bits per heavy atom. The van der Waals surface area contributed by atoms with E-state index in [4.69, 9.17) is 10.4 Å². The summed E-state index contributed by atoms with van der Waals surface area (Å²) in [5.41, 5.74) is 2.35. The van der Waals surface area contributed by atoms with Gasteiger partial charge in [-0.3, -0.25) is 0 Å². The van der Waals surface area contributed by atoms with Crippen molar-refractivity contribution in [2.75, 3.05) is 18.0 Å². The minimum atomic E-state index is -0.0206. The van der Waals surface area contributed by atoms with Gasteiger partial charge in [0.25, 0.3) is 0 Å². The van der Waals surface area contributed by atoms with Crippen LogP contribution in [0.1, 0.15) is 25.0 Å². The van der Waals surface area contributed by atoms with E-state index in [1.165, 1.54) is 0 Å². The van der Waals surface area contributed by atoms with Crippen LogP contribution in [0.3, 0.4) is 0 Å². The van der Waals surface area contributed by atoms with Crippen LogP contribution in [0.15, 0.2) is 18.2 Å². The lowest BCUT2D eigenvalue weighted by Crippen LogP contribution is -2.22. The maximum Gasteiger partial charge on any atom is 0.101 e. The molecule has 0 bridgehead atoms. The molecule has 0 radical (unpaired) electrons. The summed E-state index contributed by atoms with van der Waals surface area (Å²) in [5.74, 6) is 0. The molecule has 0 spiro atoms. The molecule has 1 rings (SSSR count). The highest BCUT2D eigenvalue weighted by Gasteiger charge is 2.08. The Kier molecular flexibility index (Phi) is 4.14. The zero-order valence-corrected chi connectivity index (χ0v) is 9.20. The van der Waals surface area contributed by atoms with Gasteiger partial charge in [-0.15, -0.1) is 0 Å². The SMILES string of the molecule is CCN(CC)c1ccc(CO)cc1C#N. The fourth-order valence-corrected chi connectivity index (χ4v) is 1.61. The number of aliphatic hydroxyl groups is 1. The molecule has 0 atom stereocenters. The summed E-state index contributed by atoms with van der Waals surface area (Å²) in [6.07, 6.45) is 0. The summed E-state index contributed by atoms with van der Waals surface area (Å²) in [6, 6.07) is 7.67. The normalized spacial score (nSPS) is 9.73. The molecule has 0 aliphatic rings. The molecular weight excluding hydrogens is 188 g/mol. The van der Waals surface area contributed by atoms with Crippen molar-refractivity contribution < 1.29 is 5.11 Å². The van der Waals surface area contributed by atoms with E-state index in [1.54, 1.807) is 6.07 Å². The second kappa shape index (κ2) is 5.38. The predicted molar refractivity (Wildman–Crippen MR) is 60.6 cm³/mol. The van der Waals surface area contributed by atoms with Crippen LogP contribution < -0.4 is 4.90 Å². The van der Waals surface area contributed by atoms with E-state index < -0.39 is 0 Å². The van der Waals surface area contributed by atoms with E-state index in [1.807, 2.05) is 12.1 Å². The molecular formula is C12H16N2O. The number of rotatable bonds is 4. The molecule has 1 N–H and O–H groups in total. The van der Waals surface area contributed by atoms with Crippen LogP contribution in [0, 0.1) is 11.3 Å². The number of aliphatic hydroxyl groups excluding tert-OH is 1. The topological polar surface area (TPSA) is 47.3 Å². The molecule has 0 aromatic heterocycles. The highest BCUT2D eigenvalue weighted by Crippen LogP contribution is 2.21. The molecule has 80 valence electrons. The lowest BCUT2D eigenvalue weighted by molar-refractivity contribution is 0.282. The number of hydrogen-bond acceptors (Lipinski definition) is 3. The van der Waals surface area contributed by atoms with Crippen molar-refractivity contribution in [3.05, 3.63) is 29.3 Å². The van der Waals surface area contributed by atoms with Crippen LogP contribution >= 0.6 is 0 Å². The Bertz CT molecular complexity index is 364. The van der Waals surface area contributed by atoms with Crippen molar-refractivity contribution in [3.63, 3.8) is 0 Å². The van der Waals surface area contributed by atoms with Gasteiger partial charge in [0.1, 0.15) is 6.07 Å². The van der Waals surface area contributed by atoms with Crippen molar-refractivity contribution in [1.82, 2.24) is 0 Å². The Morgan fingerprint density at radius 2 is 2.00 bits per heavy atom. The second-order valence-corrected chi connectivity index (χ2v) is 3.29. The number of nitrogens with zero attached hydrogens (tertiary/aromatic N) is 2. The quantitative estimate of drug-likeness (QED) is 0.814. The molecule has 0 fully saturated rings. The van der Waals surface area contributed by atoms with Crippen molar-refractivity contribution >= 4 is 5.69 Å². The summed E-state index contributed by atoms with van der Waals surface area (Å²) in [4.78, 5) is 2.12. The zero-order chi connectivity index (χ0) is 11.3. The van der Waals surface area contributed by atoms with E-state index in [-0.39, 0.29) is 6.61 Å². The molecule has 0 amide bonds. The van der Waals surface area contributed by atoms with E-state index in [0.717, 1.165) is 24.3 Å². The molecule has 0 aliphatic heterocycles. The van der Waals surface area contributed by atoms with Crippen molar-refractivity contribution in [2.45, 2.75) is 20.5 Å². The number of benzene rings is 1. The first-order valence-electron chi connectivity index (χ1n) is 5.15. The molecule has 3 nitrogen and oxygen atoms in total. The van der Waals surface area contributed by atoms with Crippen molar-refractivity contribution in [2.24, 2.45) is 0 Å². The van der Waals surface area contributed by atoms with E-state index in [2.05, 4.69) is 24.8 Å². The number of nitriles is 1. The minimum Gasteiger partial charge on any atom is -0.392 e. The van der Waals surface area contributed by atoms with Crippen LogP contribution in [-0.2, 0) is 6.61 Å². The number of anilines is 1. The summed E-state index contributed by atoms with van der Waals surface area (Å²) < 4.78 is 0. The zero-order valence-electron chi connectivity index (χ0n) is 9.20. The number of hydrogen-bond donors (Lipinski definition) is 1. The summed E-state index contributed by atoms with van der Waals surface area (Å²) >= 11 is 0. The smallest absolute Gasteiger partial charge is 0.101 e. The molecule has 0 saturated heterocycles. The van der Waals surface area contributed by atoms with E-state index >= 15 is 0 Å². The van der Waals surface area contributed by atoms with Gasteiger partial charge in [-0.2, -0.15) is 5.26 Å². The second-order valence-electron chi connectivity index (χ2n) is 3.29. The molecule has 1 aromatic carbocycles. The third-order valence-corrected chi connectivity index (χ3v) is 2.47. The van der Waals surface area contributed by atoms with Gasteiger partial charge in [0.05, 0.1) is 17.9 Å². The summed E-state index contributed by atoms with van der Waals surface area (Å²) in [7, 11) is 0. The van der Waals surface area contributed by atoms with Gasteiger partial charge < -0.3 is 10.0 Å². The average Bonchev–Trinajstić information content (AvgIpc) is 2.31. The first-order valence-corrected chi connectivity index (χ1v) is 5.15. The maximum atomic E-state index is 9.02. The van der Waals surface area contributed by atoms with E-state index in [0.29, 0.717) is 5.56 Å². The molecule has 3 heteroatoms. The first-order chi connectivity index (χ1) is 7.26. The van der Waals surface area contributed by atoms with Gasteiger partial charge >= 0.3 is 0 Å². The largest absolute Gasteiger partial charge is 0.392 e. The van der Waals surface area contributed by atoms with Gasteiger partial charge in [0, 0.05) is 13.1 Å². The van der Waals surface area contributed by atoms with Crippen molar-refractivity contribution in [3.8, 4) is 6.07 Å². The molecule has 0 aliphatic carbocycles. The molecule has 0 heterocycles. The maximum absolute atomic E-state index is 9.02. The third-order valence-electron chi connectivity index (χ3n) is 2.47. The monoisotopic (exact) mass is 204 g/mol. The Morgan fingerprint density at radius 1 is 1.33 bits per heavy atom. The fraction of sp³-hybridized carbons (Fsp3) is 0.417. The highest BCUT2D eigenvalue weighted by atomic mass is 16.3. The standard InChI is InChI=1S/C12H16N2O/c1-3-14(4-2)12-6-5-10(9-15)7-11(12)8-13/h5-7,15H,3-4,9H2,1-2H3. The lowest BCUT2D eigenvalue weighted by Gasteiger charge is -2.22. The lowest BCUT2D eigenvalue weighted by atomic mass is 10.1. The van der Waals surface area contributed by atoms with Gasteiger partial charge in [0.2, 0.25) is 0 Å². The van der Waals surface area contributed by atoms with Crippen LogP contribution in [0.25, 0.3) is 0 Å². The van der Waals surface area contributed by atoms with Crippen LogP contribution in [0.2, 0.25) is 0 Å². The van der Waals surface area contributed by atoms with Crippen LogP contribution in [-0.4, -0.2) is 18.2 Å². The van der Waals surface area contributed by atoms with Crippen molar-refractivity contribution in [1.29, 1.82) is 5.26 Å². The average molecular weight is 204 g/mol.